The minimum atomic E-state index is 0. The number of unbranched alkanes of at least 4 members (excludes halogenated alkanes) is 1. The third-order valence-electron chi connectivity index (χ3n) is 5.91. The molecule has 32 heavy (non-hydrogen) atoms. The van der Waals surface area contributed by atoms with E-state index in [1.165, 1.54) is 18.4 Å². The fourth-order valence-corrected chi connectivity index (χ4v) is 3.85. The molecule has 1 aliphatic rings. The Balaban J connectivity index is 0.00000363. The van der Waals surface area contributed by atoms with Crippen LogP contribution in [0.1, 0.15) is 55.9 Å². The van der Waals surface area contributed by atoms with Crippen LogP contribution in [0, 0.1) is 6.92 Å². The zero-order valence-corrected chi connectivity index (χ0v) is 22.1. The van der Waals surface area contributed by atoms with Crippen molar-refractivity contribution in [3.63, 3.8) is 0 Å². The van der Waals surface area contributed by atoms with E-state index in [1.807, 2.05) is 24.6 Å². The maximum atomic E-state index is 5.47. The van der Waals surface area contributed by atoms with Crippen molar-refractivity contribution in [1.29, 1.82) is 0 Å². The Morgan fingerprint density at radius 2 is 2.00 bits per heavy atom. The second-order valence-corrected chi connectivity index (χ2v) is 8.08. The van der Waals surface area contributed by atoms with Crippen LogP contribution >= 0.6 is 24.0 Å². The quantitative estimate of drug-likeness (QED) is 0.203. The summed E-state index contributed by atoms with van der Waals surface area (Å²) in [6, 6.07) is 8.68. The number of ether oxygens (including phenoxy) is 1. The summed E-state index contributed by atoms with van der Waals surface area (Å²) in [7, 11) is 3.70. The smallest absolute Gasteiger partial charge is 0.191 e. The Morgan fingerprint density at radius 3 is 2.66 bits per heavy atom. The van der Waals surface area contributed by atoms with Crippen LogP contribution < -0.4 is 15.4 Å². The van der Waals surface area contributed by atoms with Gasteiger partial charge in [-0.1, -0.05) is 25.5 Å². The summed E-state index contributed by atoms with van der Waals surface area (Å²) in [6.45, 7) is 8.56. The third kappa shape index (κ3) is 7.33. The summed E-state index contributed by atoms with van der Waals surface area (Å²) >= 11 is 0. The molecule has 1 aromatic carbocycles. The van der Waals surface area contributed by atoms with Gasteiger partial charge in [0.05, 0.1) is 13.2 Å². The maximum Gasteiger partial charge on any atom is 0.191 e. The van der Waals surface area contributed by atoms with Crippen LogP contribution in [0.2, 0.25) is 0 Å². The van der Waals surface area contributed by atoms with Crippen LogP contribution in [0.15, 0.2) is 29.3 Å². The molecule has 1 aliphatic heterocycles. The van der Waals surface area contributed by atoms with E-state index in [-0.39, 0.29) is 30.0 Å². The molecule has 1 saturated heterocycles. The van der Waals surface area contributed by atoms with Gasteiger partial charge >= 0.3 is 0 Å². The van der Waals surface area contributed by atoms with Crippen molar-refractivity contribution in [2.75, 3.05) is 33.3 Å². The molecule has 2 heterocycles. The number of halogens is 1. The number of nitrogens with one attached hydrogen (secondary N) is 2. The Labute approximate surface area is 209 Å². The number of methoxy groups -OCH3 is 1. The highest BCUT2D eigenvalue weighted by Gasteiger charge is 2.24. The van der Waals surface area contributed by atoms with Gasteiger partial charge in [-0.25, -0.2) is 4.99 Å². The van der Waals surface area contributed by atoms with Gasteiger partial charge in [-0.3, -0.25) is 4.90 Å². The number of aromatic nitrogens is 3. The van der Waals surface area contributed by atoms with Crippen molar-refractivity contribution in [2.24, 2.45) is 12.0 Å². The van der Waals surface area contributed by atoms with Crippen molar-refractivity contribution < 1.29 is 4.74 Å². The number of hydrogen-bond donors (Lipinski definition) is 2. The van der Waals surface area contributed by atoms with Gasteiger partial charge < -0.3 is 19.9 Å². The SMILES string of the molecule is CCCCNC(=NCc1nnc(C)n1C)NCC(c1cccc(OC)c1)N1CCCC1.I. The van der Waals surface area contributed by atoms with E-state index in [2.05, 4.69) is 50.9 Å². The summed E-state index contributed by atoms with van der Waals surface area (Å²) < 4.78 is 7.45. The van der Waals surface area contributed by atoms with Gasteiger partial charge in [-0.05, 0) is 57.0 Å². The van der Waals surface area contributed by atoms with Gasteiger partial charge in [0.25, 0.3) is 0 Å². The Bertz CT molecular complexity index is 849. The monoisotopic (exact) mass is 555 g/mol. The van der Waals surface area contributed by atoms with E-state index in [0.29, 0.717) is 6.54 Å². The molecule has 0 radical (unpaired) electrons. The highest BCUT2D eigenvalue weighted by molar-refractivity contribution is 14.0. The van der Waals surface area contributed by atoms with Crippen molar-refractivity contribution in [3.8, 4) is 5.75 Å². The topological polar surface area (TPSA) is 79.6 Å². The molecule has 2 aromatic rings. The van der Waals surface area contributed by atoms with Gasteiger partial charge in [0.2, 0.25) is 0 Å². The number of rotatable bonds is 10. The van der Waals surface area contributed by atoms with Crippen LogP contribution in [-0.2, 0) is 13.6 Å². The predicted molar refractivity (Wildman–Crippen MR) is 140 cm³/mol. The van der Waals surface area contributed by atoms with E-state index in [0.717, 1.165) is 62.4 Å². The second-order valence-electron chi connectivity index (χ2n) is 8.08. The molecule has 1 unspecified atom stereocenters. The van der Waals surface area contributed by atoms with E-state index in [1.54, 1.807) is 7.11 Å². The van der Waals surface area contributed by atoms with Gasteiger partial charge in [0.15, 0.2) is 11.8 Å². The van der Waals surface area contributed by atoms with Crippen molar-refractivity contribution in [1.82, 2.24) is 30.3 Å². The molecule has 9 heteroatoms. The van der Waals surface area contributed by atoms with Crippen LogP contribution in [0.25, 0.3) is 0 Å². The summed E-state index contributed by atoms with van der Waals surface area (Å²) in [4.78, 5) is 7.35. The first-order chi connectivity index (χ1) is 15.1. The van der Waals surface area contributed by atoms with E-state index in [9.17, 15) is 0 Å². The van der Waals surface area contributed by atoms with Crippen LogP contribution in [-0.4, -0.2) is 58.9 Å². The lowest BCUT2D eigenvalue weighted by Crippen LogP contribution is -2.43. The average molecular weight is 556 g/mol. The zero-order valence-electron chi connectivity index (χ0n) is 19.8. The molecule has 1 fully saturated rings. The average Bonchev–Trinajstić information content (AvgIpc) is 3.43. The first-order valence-corrected chi connectivity index (χ1v) is 11.4. The summed E-state index contributed by atoms with van der Waals surface area (Å²) in [5.41, 5.74) is 1.27. The second kappa shape index (κ2) is 13.6. The highest BCUT2D eigenvalue weighted by Crippen LogP contribution is 2.27. The molecule has 0 saturated carbocycles. The molecule has 2 N–H and O–H groups in total. The standard InChI is InChI=1S/C23H37N7O.HI/c1-5-6-12-24-23(26-17-22-28-27-18(2)29(22)3)25-16-21(30-13-7-8-14-30)19-10-9-11-20(15-19)31-4;/h9-11,15,21H,5-8,12-14,16-17H2,1-4H3,(H2,24,25,26);1H. The lowest BCUT2D eigenvalue weighted by atomic mass is 10.1. The van der Waals surface area contributed by atoms with E-state index < -0.39 is 0 Å². The molecule has 8 nitrogen and oxygen atoms in total. The number of hydrogen-bond acceptors (Lipinski definition) is 5. The van der Waals surface area contributed by atoms with Gasteiger partial charge in [0.1, 0.15) is 18.1 Å². The molecular formula is C23H38IN7O. The molecular weight excluding hydrogens is 517 g/mol. The van der Waals surface area contributed by atoms with Crippen molar-refractivity contribution in [2.45, 2.75) is 52.1 Å². The molecule has 0 amide bonds. The molecule has 0 bridgehead atoms. The first kappa shape index (κ1) is 26.4. The fourth-order valence-electron chi connectivity index (χ4n) is 3.85. The van der Waals surface area contributed by atoms with Gasteiger partial charge in [0, 0.05) is 20.1 Å². The Morgan fingerprint density at radius 1 is 1.22 bits per heavy atom. The first-order valence-electron chi connectivity index (χ1n) is 11.4. The number of likely N-dealkylation sites (tertiary alicyclic amines) is 1. The summed E-state index contributed by atoms with van der Waals surface area (Å²) in [5, 5.41) is 15.4. The number of nitrogens with zero attached hydrogens (tertiary/aromatic N) is 5. The molecule has 1 aromatic heterocycles. The molecule has 0 aliphatic carbocycles. The van der Waals surface area contributed by atoms with Gasteiger partial charge in [-0.15, -0.1) is 34.2 Å². The van der Waals surface area contributed by atoms with Crippen molar-refractivity contribution >= 4 is 29.9 Å². The third-order valence-corrected chi connectivity index (χ3v) is 5.91. The summed E-state index contributed by atoms with van der Waals surface area (Å²) in [6.07, 6.45) is 4.75. The minimum absolute atomic E-state index is 0. The van der Waals surface area contributed by atoms with E-state index in [4.69, 9.17) is 9.73 Å². The Hall–Kier alpha value is -1.88. The molecule has 3 rings (SSSR count). The number of aliphatic imine (C=N–C) groups is 1. The minimum Gasteiger partial charge on any atom is -0.497 e. The zero-order chi connectivity index (χ0) is 22.1. The number of benzene rings is 1. The molecule has 178 valence electrons. The largest absolute Gasteiger partial charge is 0.497 e. The van der Waals surface area contributed by atoms with E-state index >= 15 is 0 Å². The lowest BCUT2D eigenvalue weighted by molar-refractivity contribution is 0.245. The normalized spacial score (nSPS) is 15.3. The molecule has 0 spiro atoms. The fraction of sp³-hybridized carbons (Fsp3) is 0.609. The highest BCUT2D eigenvalue weighted by atomic mass is 127. The lowest BCUT2D eigenvalue weighted by Gasteiger charge is -2.29. The van der Waals surface area contributed by atoms with Crippen LogP contribution in [0.5, 0.6) is 5.75 Å². The Kier molecular flexibility index (Phi) is 11.2. The summed E-state index contributed by atoms with van der Waals surface area (Å²) in [5.74, 6) is 3.47. The number of guanidine groups is 1. The number of aryl methyl sites for hydroxylation is 1. The maximum absolute atomic E-state index is 5.47. The predicted octanol–water partition coefficient (Wildman–Crippen LogP) is 3.42. The van der Waals surface area contributed by atoms with Gasteiger partial charge in [-0.2, -0.15) is 0 Å². The molecule has 1 atom stereocenters. The van der Waals surface area contributed by atoms with Crippen LogP contribution in [0.3, 0.4) is 0 Å². The van der Waals surface area contributed by atoms with Crippen molar-refractivity contribution in [3.05, 3.63) is 41.5 Å². The van der Waals surface area contributed by atoms with Crippen LogP contribution in [0.4, 0.5) is 0 Å².